The van der Waals surface area contributed by atoms with Crippen molar-refractivity contribution >= 4 is 33.4 Å². The lowest BCUT2D eigenvalue weighted by Gasteiger charge is -2.34. The van der Waals surface area contributed by atoms with Crippen LogP contribution >= 0.6 is 27.5 Å². The van der Waals surface area contributed by atoms with Crippen molar-refractivity contribution in [2.24, 2.45) is 0 Å². The molecule has 1 aliphatic rings. The molecule has 1 aromatic carbocycles. The number of benzene rings is 1. The summed E-state index contributed by atoms with van der Waals surface area (Å²) in [7, 11) is 0. The van der Waals surface area contributed by atoms with Gasteiger partial charge in [0.2, 0.25) is 0 Å². The second-order valence-corrected chi connectivity index (χ2v) is 6.40. The molecular formula is C15H18BrClFNO. The summed E-state index contributed by atoms with van der Waals surface area (Å²) in [5, 5.41) is 0. The lowest BCUT2D eigenvalue weighted by Crippen LogP contribution is -2.43. The van der Waals surface area contributed by atoms with Gasteiger partial charge < -0.3 is 4.90 Å². The lowest BCUT2D eigenvalue weighted by atomic mass is 9.93. The van der Waals surface area contributed by atoms with Crippen LogP contribution in [0.1, 0.15) is 42.5 Å². The minimum Gasteiger partial charge on any atom is -0.334 e. The fourth-order valence-corrected chi connectivity index (χ4v) is 3.29. The van der Waals surface area contributed by atoms with E-state index in [1.807, 2.05) is 0 Å². The number of amides is 1. The highest BCUT2D eigenvalue weighted by molar-refractivity contribution is 9.10. The zero-order chi connectivity index (χ0) is 14.5. The van der Waals surface area contributed by atoms with E-state index in [0.717, 1.165) is 25.7 Å². The van der Waals surface area contributed by atoms with Gasteiger partial charge in [0, 0.05) is 22.9 Å². The molecule has 0 bridgehead atoms. The first-order valence-electron chi connectivity index (χ1n) is 6.95. The number of hydrogen-bond acceptors (Lipinski definition) is 1. The van der Waals surface area contributed by atoms with E-state index in [0.29, 0.717) is 16.9 Å². The number of nitrogens with zero attached hydrogens (tertiary/aromatic N) is 1. The summed E-state index contributed by atoms with van der Waals surface area (Å²) in [6.07, 6.45) is 5.43. The highest BCUT2D eigenvalue weighted by Crippen LogP contribution is 2.25. The number of rotatable bonds is 4. The van der Waals surface area contributed by atoms with Gasteiger partial charge in [0.05, 0.1) is 5.56 Å². The summed E-state index contributed by atoms with van der Waals surface area (Å²) in [5.41, 5.74) is 0.120. The van der Waals surface area contributed by atoms with Crippen LogP contribution in [0.25, 0.3) is 0 Å². The van der Waals surface area contributed by atoms with Gasteiger partial charge in [0.15, 0.2) is 0 Å². The molecule has 110 valence electrons. The quantitative estimate of drug-likeness (QED) is 0.717. The van der Waals surface area contributed by atoms with Crippen LogP contribution in [0, 0.1) is 5.82 Å². The van der Waals surface area contributed by atoms with E-state index in [1.54, 1.807) is 17.0 Å². The van der Waals surface area contributed by atoms with E-state index in [9.17, 15) is 9.18 Å². The van der Waals surface area contributed by atoms with Crippen molar-refractivity contribution in [3.05, 3.63) is 34.1 Å². The molecule has 2 rings (SSSR count). The predicted octanol–water partition coefficient (Wildman–Crippen LogP) is 4.60. The van der Waals surface area contributed by atoms with Crippen molar-refractivity contribution in [3.8, 4) is 0 Å². The number of halogens is 3. The zero-order valence-corrected chi connectivity index (χ0v) is 13.6. The summed E-state index contributed by atoms with van der Waals surface area (Å²) < 4.78 is 14.6. The van der Waals surface area contributed by atoms with Crippen molar-refractivity contribution in [1.82, 2.24) is 4.90 Å². The molecule has 0 saturated heterocycles. The molecule has 1 aromatic rings. The van der Waals surface area contributed by atoms with Crippen LogP contribution < -0.4 is 0 Å². The smallest absolute Gasteiger partial charge is 0.257 e. The van der Waals surface area contributed by atoms with Crippen LogP contribution in [0.5, 0.6) is 0 Å². The molecule has 0 atom stereocenters. The van der Waals surface area contributed by atoms with E-state index in [4.69, 9.17) is 11.6 Å². The summed E-state index contributed by atoms with van der Waals surface area (Å²) in [6, 6.07) is 4.64. The number of alkyl halides is 1. The number of carbonyl (C=O) groups is 1. The molecule has 20 heavy (non-hydrogen) atoms. The Morgan fingerprint density at radius 3 is 2.70 bits per heavy atom. The Hall–Kier alpha value is -0.610. The van der Waals surface area contributed by atoms with E-state index in [1.165, 1.54) is 12.5 Å². The molecule has 0 unspecified atom stereocenters. The Kier molecular flexibility index (Phi) is 5.85. The van der Waals surface area contributed by atoms with E-state index in [-0.39, 0.29) is 17.5 Å². The van der Waals surface area contributed by atoms with Gasteiger partial charge in [0.25, 0.3) is 5.91 Å². The largest absolute Gasteiger partial charge is 0.334 e. The molecule has 1 fully saturated rings. The van der Waals surface area contributed by atoms with E-state index >= 15 is 0 Å². The predicted molar refractivity (Wildman–Crippen MR) is 82.7 cm³/mol. The topological polar surface area (TPSA) is 20.3 Å². The molecule has 0 N–H and O–H groups in total. The Morgan fingerprint density at radius 2 is 2.05 bits per heavy atom. The fourth-order valence-electron chi connectivity index (χ4n) is 2.75. The third kappa shape index (κ3) is 3.73. The van der Waals surface area contributed by atoms with Gasteiger partial charge in [-0.15, -0.1) is 11.6 Å². The van der Waals surface area contributed by atoms with Crippen molar-refractivity contribution in [1.29, 1.82) is 0 Å². The summed E-state index contributed by atoms with van der Waals surface area (Å²) >= 11 is 9.11. The van der Waals surface area contributed by atoms with Gasteiger partial charge in [-0.05, 0) is 31.0 Å². The minimum absolute atomic E-state index is 0.120. The fraction of sp³-hybridized carbons (Fsp3) is 0.533. The highest BCUT2D eigenvalue weighted by atomic mass is 79.9. The maximum absolute atomic E-state index is 13.9. The van der Waals surface area contributed by atoms with Crippen LogP contribution in [0.3, 0.4) is 0 Å². The first-order valence-corrected chi connectivity index (χ1v) is 8.28. The molecule has 0 radical (unpaired) electrons. The van der Waals surface area contributed by atoms with Crippen molar-refractivity contribution in [3.63, 3.8) is 0 Å². The highest BCUT2D eigenvalue weighted by Gasteiger charge is 2.27. The maximum atomic E-state index is 13.9. The minimum atomic E-state index is -0.478. The molecule has 0 spiro atoms. The molecule has 0 heterocycles. The third-order valence-corrected chi connectivity index (χ3v) is 4.42. The van der Waals surface area contributed by atoms with Crippen LogP contribution in [0.4, 0.5) is 4.39 Å². The van der Waals surface area contributed by atoms with Gasteiger partial charge in [0.1, 0.15) is 5.82 Å². The van der Waals surface area contributed by atoms with Crippen LogP contribution in [-0.2, 0) is 0 Å². The molecule has 5 heteroatoms. The van der Waals surface area contributed by atoms with E-state index in [2.05, 4.69) is 15.9 Å². The second-order valence-electron chi connectivity index (χ2n) is 5.10. The molecule has 1 amide bonds. The Bertz CT molecular complexity index is 477. The molecule has 1 aliphatic carbocycles. The standard InChI is InChI=1S/C15H18BrClFNO/c16-11-6-7-14(18)13(10-11)15(20)19(9-8-17)12-4-2-1-3-5-12/h6-7,10,12H,1-5,8-9H2. The van der Waals surface area contributed by atoms with Crippen molar-refractivity contribution in [2.45, 2.75) is 38.1 Å². The SMILES string of the molecule is O=C(c1cc(Br)ccc1F)N(CCCl)C1CCCCC1. The van der Waals surface area contributed by atoms with Crippen molar-refractivity contribution < 1.29 is 9.18 Å². The average molecular weight is 363 g/mol. The number of hydrogen-bond donors (Lipinski definition) is 0. The lowest BCUT2D eigenvalue weighted by molar-refractivity contribution is 0.0645. The Labute approximate surface area is 132 Å². The molecule has 1 saturated carbocycles. The average Bonchev–Trinajstić information content (AvgIpc) is 2.47. The molecule has 2 nitrogen and oxygen atoms in total. The first kappa shape index (κ1) is 15.8. The van der Waals surface area contributed by atoms with Gasteiger partial charge in [-0.25, -0.2) is 4.39 Å². The molecule has 0 aromatic heterocycles. The van der Waals surface area contributed by atoms with Crippen LogP contribution in [-0.4, -0.2) is 29.3 Å². The maximum Gasteiger partial charge on any atom is 0.257 e. The zero-order valence-electron chi connectivity index (χ0n) is 11.2. The first-order chi connectivity index (χ1) is 9.63. The Morgan fingerprint density at radius 1 is 1.35 bits per heavy atom. The van der Waals surface area contributed by atoms with Gasteiger partial charge in [-0.2, -0.15) is 0 Å². The summed E-state index contributed by atoms with van der Waals surface area (Å²) in [5.74, 6) is -0.359. The molecule has 0 aliphatic heterocycles. The van der Waals surface area contributed by atoms with Gasteiger partial charge in [-0.3, -0.25) is 4.79 Å². The third-order valence-electron chi connectivity index (χ3n) is 3.76. The second kappa shape index (κ2) is 7.41. The van der Waals surface area contributed by atoms with Gasteiger partial charge >= 0.3 is 0 Å². The van der Waals surface area contributed by atoms with Gasteiger partial charge in [-0.1, -0.05) is 35.2 Å². The summed E-state index contributed by atoms with van der Waals surface area (Å²) in [4.78, 5) is 14.4. The van der Waals surface area contributed by atoms with Crippen LogP contribution in [0.15, 0.2) is 22.7 Å². The Balaban J connectivity index is 2.23. The van der Waals surface area contributed by atoms with E-state index < -0.39 is 5.82 Å². The monoisotopic (exact) mass is 361 g/mol. The molecular weight excluding hydrogens is 345 g/mol. The number of carbonyl (C=O) groups excluding carboxylic acids is 1. The van der Waals surface area contributed by atoms with Crippen molar-refractivity contribution in [2.75, 3.05) is 12.4 Å². The normalized spacial score (nSPS) is 16.1. The van der Waals surface area contributed by atoms with Crippen LogP contribution in [0.2, 0.25) is 0 Å². The summed E-state index contributed by atoms with van der Waals surface area (Å²) in [6.45, 7) is 0.469.